The summed E-state index contributed by atoms with van der Waals surface area (Å²) in [5.41, 5.74) is -0.00309. The van der Waals surface area contributed by atoms with Crippen LogP contribution in [0.15, 0.2) is 27.8 Å². The Morgan fingerprint density at radius 1 is 0.773 bits per heavy atom. The highest BCUT2D eigenvalue weighted by Gasteiger charge is 2.31. The van der Waals surface area contributed by atoms with Crippen molar-refractivity contribution in [3.8, 4) is 28.7 Å². The zero-order valence-corrected chi connectivity index (χ0v) is 25.7. The van der Waals surface area contributed by atoms with Gasteiger partial charge in [0, 0.05) is 67.0 Å². The largest absolute Gasteiger partial charge is 0.512 e. The van der Waals surface area contributed by atoms with E-state index in [2.05, 4.69) is 10.2 Å². The Morgan fingerprint density at radius 2 is 1.32 bits per heavy atom. The standard InChI is InChI=1S/C34H34N2O8/c1-14-11-16-22-27-23(32(40)31(16)35-9-8-10-36(3)4)17(38)12-19(42-5)25(27)26-20(43-6)13-18(39)24-29(26)28(22)30(21(14)15(2)37)34(44-7)33(24)41/h11-13,35,37,40-41H,8-10H2,1-7H3/b21-15-. The lowest BCUT2D eigenvalue weighted by Gasteiger charge is -2.23. The number of aromatic hydroxyl groups is 2. The van der Waals surface area contributed by atoms with Crippen LogP contribution in [0.1, 0.15) is 18.9 Å². The van der Waals surface area contributed by atoms with E-state index in [1.54, 1.807) is 6.92 Å². The first-order valence-electron chi connectivity index (χ1n) is 14.2. The Bertz CT molecular complexity index is 2310. The maximum atomic E-state index is 13.8. The van der Waals surface area contributed by atoms with E-state index in [1.165, 1.54) is 40.4 Å². The number of nitrogens with one attached hydrogen (secondary N) is 1. The summed E-state index contributed by atoms with van der Waals surface area (Å²) < 4.78 is 17.3. The van der Waals surface area contributed by atoms with Crippen LogP contribution >= 0.6 is 0 Å². The molecule has 0 aliphatic heterocycles. The molecular weight excluding hydrogens is 564 g/mol. The van der Waals surface area contributed by atoms with Crippen molar-refractivity contribution >= 4 is 65.3 Å². The van der Waals surface area contributed by atoms with E-state index in [4.69, 9.17) is 14.2 Å². The van der Waals surface area contributed by atoms with E-state index >= 15 is 0 Å². The summed E-state index contributed by atoms with van der Waals surface area (Å²) in [4.78, 5) is 29.5. The molecule has 0 aliphatic carbocycles. The lowest BCUT2D eigenvalue weighted by Crippen LogP contribution is -2.16. The molecule has 0 fully saturated rings. The third-order valence-electron chi connectivity index (χ3n) is 8.55. The molecule has 10 nitrogen and oxygen atoms in total. The van der Waals surface area contributed by atoms with Gasteiger partial charge in [-0.2, -0.15) is 0 Å². The van der Waals surface area contributed by atoms with Crippen molar-refractivity contribution in [2.45, 2.75) is 20.3 Å². The van der Waals surface area contributed by atoms with Gasteiger partial charge in [0.05, 0.1) is 43.5 Å². The third kappa shape index (κ3) is 3.83. The van der Waals surface area contributed by atoms with Gasteiger partial charge in [0.2, 0.25) is 0 Å². The van der Waals surface area contributed by atoms with E-state index in [1.807, 2.05) is 20.2 Å². The van der Waals surface area contributed by atoms with Crippen LogP contribution in [0.2, 0.25) is 0 Å². The molecule has 0 unspecified atom stereocenters. The number of aliphatic hydroxyl groups is 1. The predicted molar refractivity (Wildman–Crippen MR) is 175 cm³/mol. The number of phenolic OH excluding ortho intramolecular Hbond substituents is 2. The number of aryl methyl sites for hydroxylation is 1. The highest BCUT2D eigenvalue weighted by atomic mass is 16.5. The van der Waals surface area contributed by atoms with Gasteiger partial charge in [0.15, 0.2) is 28.1 Å². The molecule has 0 saturated carbocycles. The number of nitrogens with zero attached hydrogens (tertiary/aromatic N) is 1. The fraction of sp³-hybridized carbons (Fsp3) is 0.294. The van der Waals surface area contributed by atoms with Crippen LogP contribution in [0.4, 0.5) is 5.69 Å². The van der Waals surface area contributed by atoms with Gasteiger partial charge in [0.25, 0.3) is 0 Å². The highest BCUT2D eigenvalue weighted by molar-refractivity contribution is 6.44. The van der Waals surface area contributed by atoms with Crippen molar-refractivity contribution in [2.75, 3.05) is 53.8 Å². The summed E-state index contributed by atoms with van der Waals surface area (Å²) in [5, 5.41) is 42.0. The summed E-state index contributed by atoms with van der Waals surface area (Å²) in [6, 6.07) is 4.42. The number of hydrogen-bond acceptors (Lipinski definition) is 10. The van der Waals surface area contributed by atoms with Crippen molar-refractivity contribution in [2.24, 2.45) is 0 Å². The average Bonchev–Trinajstić information content (AvgIpc) is 3.10. The zero-order valence-electron chi connectivity index (χ0n) is 25.7. The summed E-state index contributed by atoms with van der Waals surface area (Å²) in [6.07, 6.45) is 0.753. The molecule has 6 aromatic carbocycles. The second kappa shape index (κ2) is 10.3. The number of benzene rings is 5. The monoisotopic (exact) mass is 598 g/mol. The number of ether oxygens (including phenoxy) is 3. The van der Waals surface area contributed by atoms with E-state index in [0.717, 1.165) is 13.0 Å². The molecule has 44 heavy (non-hydrogen) atoms. The average molecular weight is 599 g/mol. The van der Waals surface area contributed by atoms with Crippen LogP contribution < -0.4 is 35.6 Å². The Kier molecular flexibility index (Phi) is 6.85. The van der Waals surface area contributed by atoms with Gasteiger partial charge in [-0.3, -0.25) is 9.59 Å². The minimum absolute atomic E-state index is 0.000118. The Hall–Kier alpha value is -4.96. The first-order valence-corrected chi connectivity index (χ1v) is 14.2. The maximum absolute atomic E-state index is 13.8. The quantitative estimate of drug-likeness (QED) is 0.0854. The normalized spacial score (nSPS) is 12.8. The second-order valence-electron chi connectivity index (χ2n) is 11.4. The van der Waals surface area contributed by atoms with Crippen LogP contribution in [-0.2, 0) is 0 Å². The van der Waals surface area contributed by atoms with E-state index in [-0.39, 0.29) is 45.3 Å². The van der Waals surface area contributed by atoms with Gasteiger partial charge in [-0.05, 0) is 52.5 Å². The number of anilines is 1. The fourth-order valence-corrected chi connectivity index (χ4v) is 6.87. The number of rotatable bonds is 8. The Morgan fingerprint density at radius 3 is 1.84 bits per heavy atom. The van der Waals surface area contributed by atoms with Gasteiger partial charge in [-0.25, -0.2) is 0 Å². The minimum Gasteiger partial charge on any atom is -0.512 e. The molecule has 0 aliphatic rings. The van der Waals surface area contributed by atoms with Crippen molar-refractivity contribution in [3.05, 3.63) is 49.4 Å². The first-order chi connectivity index (χ1) is 21.0. The van der Waals surface area contributed by atoms with Crippen molar-refractivity contribution in [1.82, 2.24) is 4.90 Å². The molecule has 0 spiro atoms. The molecule has 0 saturated heterocycles. The minimum atomic E-state index is -0.499. The van der Waals surface area contributed by atoms with Crippen molar-refractivity contribution in [3.63, 3.8) is 0 Å². The molecule has 0 heterocycles. The number of aliphatic hydroxyl groups excluding tert-OH is 1. The Labute approximate surface area is 251 Å². The molecule has 0 bridgehead atoms. The number of phenols is 2. The summed E-state index contributed by atoms with van der Waals surface area (Å²) in [6.45, 7) is 4.62. The molecule has 10 heteroatoms. The van der Waals surface area contributed by atoms with Gasteiger partial charge >= 0.3 is 0 Å². The first kappa shape index (κ1) is 29.1. The lowest BCUT2D eigenvalue weighted by molar-refractivity contribution is 0.380. The van der Waals surface area contributed by atoms with Gasteiger partial charge in [-0.15, -0.1) is 0 Å². The van der Waals surface area contributed by atoms with E-state index in [9.17, 15) is 24.9 Å². The fourth-order valence-electron chi connectivity index (χ4n) is 6.87. The molecule has 4 N–H and O–H groups in total. The topological polar surface area (TPSA) is 138 Å². The van der Waals surface area contributed by atoms with Crippen LogP contribution in [0.5, 0.6) is 28.7 Å². The van der Waals surface area contributed by atoms with Crippen LogP contribution in [0.3, 0.4) is 0 Å². The molecular formula is C34H34N2O8. The predicted octanol–water partition coefficient (Wildman–Crippen LogP) is 4.56. The van der Waals surface area contributed by atoms with Gasteiger partial charge in [0.1, 0.15) is 11.5 Å². The molecule has 6 aromatic rings. The molecule has 0 amide bonds. The zero-order chi connectivity index (χ0) is 31.8. The Balaban J connectivity index is 2.09. The van der Waals surface area contributed by atoms with E-state index in [0.29, 0.717) is 66.1 Å². The molecule has 0 radical (unpaired) electrons. The highest BCUT2D eigenvalue weighted by Crippen LogP contribution is 2.55. The molecule has 228 valence electrons. The molecule has 0 atom stereocenters. The second-order valence-corrected chi connectivity index (χ2v) is 11.4. The third-order valence-corrected chi connectivity index (χ3v) is 8.55. The van der Waals surface area contributed by atoms with Crippen molar-refractivity contribution < 1.29 is 29.5 Å². The number of methoxy groups -OCH3 is 3. The van der Waals surface area contributed by atoms with Crippen molar-refractivity contribution in [1.29, 1.82) is 0 Å². The van der Waals surface area contributed by atoms with Gasteiger partial charge in [-0.1, -0.05) is 0 Å². The summed E-state index contributed by atoms with van der Waals surface area (Å²) in [5.74, 6) is -0.235. The molecule has 0 aromatic heterocycles. The maximum Gasteiger partial charge on any atom is 0.194 e. The van der Waals surface area contributed by atoms with Crippen LogP contribution in [0, 0.1) is 6.92 Å². The summed E-state index contributed by atoms with van der Waals surface area (Å²) in [7, 11) is 8.20. The smallest absolute Gasteiger partial charge is 0.194 e. The summed E-state index contributed by atoms with van der Waals surface area (Å²) >= 11 is 0. The van der Waals surface area contributed by atoms with Crippen LogP contribution in [0.25, 0.3) is 59.6 Å². The lowest BCUT2D eigenvalue weighted by atomic mass is 9.85. The molecule has 6 rings (SSSR count). The van der Waals surface area contributed by atoms with Gasteiger partial charge < -0.3 is 39.7 Å². The SMILES string of the molecule is COc1c(O)c2c(=O)cc(OC)c3c4c(OC)cc(=O)c5c(O)c(NCCCN(C)C)c6cc(C)/c(=C(\C)O)c1c(c23)c6c54. The van der Waals surface area contributed by atoms with E-state index < -0.39 is 10.9 Å². The number of fused-ring (bicyclic) bond motifs is 1. The number of hydrogen-bond donors (Lipinski definition) is 4. The van der Waals surface area contributed by atoms with Crippen LogP contribution in [-0.4, -0.2) is 68.7 Å².